The molecule has 0 heterocycles. The summed E-state index contributed by atoms with van der Waals surface area (Å²) in [6.07, 6.45) is -4.94. The number of halogens is 6. The summed E-state index contributed by atoms with van der Waals surface area (Å²) in [6.45, 7) is -3.39. The monoisotopic (exact) mass is 230 g/mol. The highest BCUT2D eigenvalue weighted by atomic mass is 19.4. The molecule has 1 aromatic rings. The third-order valence-corrected chi connectivity index (χ3v) is 1.46. The van der Waals surface area contributed by atoms with Crippen LogP contribution in [-0.4, -0.2) is 6.61 Å². The van der Waals surface area contributed by atoms with Crippen molar-refractivity contribution in [1.29, 1.82) is 0 Å². The smallest absolute Gasteiger partial charge is 0.420 e. The van der Waals surface area contributed by atoms with E-state index in [1.165, 1.54) is 0 Å². The van der Waals surface area contributed by atoms with Gasteiger partial charge in [0.25, 0.3) is 0 Å². The van der Waals surface area contributed by atoms with Gasteiger partial charge in [0.1, 0.15) is 17.1 Å². The maximum atomic E-state index is 12.5. The topological polar surface area (TPSA) is 9.23 Å². The molecule has 1 rings (SSSR count). The van der Waals surface area contributed by atoms with Crippen molar-refractivity contribution in [1.82, 2.24) is 0 Å². The second-order valence-electron chi connectivity index (χ2n) is 2.52. The largest absolute Gasteiger partial charge is 0.434 e. The first-order valence-corrected chi connectivity index (χ1v) is 3.62. The van der Waals surface area contributed by atoms with Gasteiger partial charge < -0.3 is 4.74 Å². The summed E-state index contributed by atoms with van der Waals surface area (Å²) in [4.78, 5) is 0. The maximum Gasteiger partial charge on any atom is 0.420 e. The van der Waals surface area contributed by atoms with Crippen molar-refractivity contribution >= 4 is 0 Å². The van der Waals surface area contributed by atoms with Gasteiger partial charge >= 0.3 is 12.8 Å². The molecule has 0 spiro atoms. The normalized spacial score (nSPS) is 11.9. The number of ether oxygens (including phenoxy) is 1. The number of hydrogen-bond acceptors (Lipinski definition) is 1. The second-order valence-corrected chi connectivity index (χ2v) is 2.52. The fourth-order valence-electron chi connectivity index (χ4n) is 0.922. The van der Waals surface area contributed by atoms with E-state index in [4.69, 9.17) is 0 Å². The van der Waals surface area contributed by atoms with Gasteiger partial charge in [-0.05, 0) is 18.2 Å². The molecule has 0 unspecified atom stereocenters. The van der Waals surface area contributed by atoms with Gasteiger partial charge in [0.05, 0.1) is 0 Å². The lowest BCUT2D eigenvalue weighted by molar-refractivity contribution is -0.142. The van der Waals surface area contributed by atoms with Crippen molar-refractivity contribution in [2.45, 2.75) is 12.8 Å². The van der Waals surface area contributed by atoms with Gasteiger partial charge in [-0.15, -0.1) is 0 Å². The van der Waals surface area contributed by atoms with Gasteiger partial charge in [-0.2, -0.15) is 22.0 Å². The van der Waals surface area contributed by atoms with Crippen LogP contribution in [-0.2, 0) is 6.18 Å². The molecule has 15 heavy (non-hydrogen) atoms. The van der Waals surface area contributed by atoms with Crippen molar-refractivity contribution < 1.29 is 31.1 Å². The summed E-state index contributed by atoms with van der Waals surface area (Å²) >= 11 is 0. The molecule has 0 atom stereocenters. The molecule has 84 valence electrons. The van der Waals surface area contributed by atoms with Crippen LogP contribution in [0.2, 0.25) is 0 Å². The highest BCUT2D eigenvalue weighted by Gasteiger charge is 2.35. The van der Waals surface area contributed by atoms with Crippen LogP contribution in [0.4, 0.5) is 26.3 Å². The van der Waals surface area contributed by atoms with Crippen LogP contribution >= 0.6 is 0 Å². The Kier molecular flexibility index (Phi) is 3.11. The minimum absolute atomic E-state index is 0.0950. The van der Waals surface area contributed by atoms with Gasteiger partial charge in [-0.3, -0.25) is 0 Å². The molecule has 0 saturated carbocycles. The fourth-order valence-corrected chi connectivity index (χ4v) is 0.922. The fraction of sp³-hybridized carbons (Fsp3) is 0.250. The Labute approximate surface area is 80.3 Å². The molecule has 0 aromatic heterocycles. The van der Waals surface area contributed by atoms with Crippen molar-refractivity contribution in [2.75, 3.05) is 0 Å². The van der Waals surface area contributed by atoms with Crippen LogP contribution in [0, 0.1) is 5.82 Å². The van der Waals surface area contributed by atoms with Crippen LogP contribution in [0.1, 0.15) is 5.56 Å². The summed E-state index contributed by atoms with van der Waals surface area (Å²) in [5.74, 6) is -2.28. The summed E-state index contributed by atoms with van der Waals surface area (Å²) in [5, 5.41) is 0. The Hall–Kier alpha value is -1.40. The minimum atomic E-state index is -4.94. The van der Waals surface area contributed by atoms with E-state index in [0.717, 1.165) is 0 Å². The SMILES string of the molecule is Fc1ccc(OC(F)F)c(C(F)(F)F)c1. The van der Waals surface area contributed by atoms with E-state index in [1.807, 2.05) is 0 Å². The third kappa shape index (κ3) is 3.03. The van der Waals surface area contributed by atoms with Crippen LogP contribution in [0.3, 0.4) is 0 Å². The van der Waals surface area contributed by atoms with Crippen LogP contribution < -0.4 is 4.74 Å². The Morgan fingerprint density at radius 3 is 2.20 bits per heavy atom. The molecular formula is C8H4F6O. The Morgan fingerprint density at radius 1 is 1.13 bits per heavy atom. The summed E-state index contributed by atoms with van der Waals surface area (Å²) < 4.78 is 76.1. The highest BCUT2D eigenvalue weighted by molar-refractivity contribution is 5.36. The lowest BCUT2D eigenvalue weighted by Crippen LogP contribution is -2.11. The maximum absolute atomic E-state index is 12.5. The average molecular weight is 230 g/mol. The van der Waals surface area contributed by atoms with Gasteiger partial charge in [0, 0.05) is 0 Å². The molecule has 0 aliphatic carbocycles. The lowest BCUT2D eigenvalue weighted by atomic mass is 10.2. The number of benzene rings is 1. The molecule has 0 saturated heterocycles. The van der Waals surface area contributed by atoms with E-state index in [9.17, 15) is 26.3 Å². The standard InChI is InChI=1S/C8H4F6O/c9-4-1-2-6(15-7(10)11)5(3-4)8(12,13)14/h1-3,7H. The predicted molar refractivity (Wildman–Crippen MR) is 38.0 cm³/mol. The van der Waals surface area contributed by atoms with Crippen molar-refractivity contribution in [3.05, 3.63) is 29.6 Å². The van der Waals surface area contributed by atoms with E-state index < -0.39 is 29.9 Å². The first-order valence-electron chi connectivity index (χ1n) is 3.62. The van der Waals surface area contributed by atoms with Gasteiger partial charge in [-0.1, -0.05) is 0 Å². The van der Waals surface area contributed by atoms with Gasteiger partial charge in [0.2, 0.25) is 0 Å². The molecule has 1 nitrogen and oxygen atoms in total. The molecule has 0 aliphatic heterocycles. The van der Waals surface area contributed by atoms with Gasteiger partial charge in [-0.25, -0.2) is 4.39 Å². The first kappa shape index (κ1) is 11.7. The molecule has 0 fully saturated rings. The lowest BCUT2D eigenvalue weighted by Gasteiger charge is -2.12. The molecule has 0 N–H and O–H groups in total. The van der Waals surface area contributed by atoms with Crippen molar-refractivity contribution in [3.63, 3.8) is 0 Å². The zero-order valence-electron chi connectivity index (χ0n) is 6.99. The quantitative estimate of drug-likeness (QED) is 0.707. The molecule has 0 aliphatic rings. The van der Waals surface area contributed by atoms with E-state index >= 15 is 0 Å². The summed E-state index contributed by atoms with van der Waals surface area (Å²) in [6, 6.07) is 1.20. The molecule has 0 radical (unpaired) electrons. The van der Waals surface area contributed by atoms with Gasteiger partial charge in [0.15, 0.2) is 0 Å². The molecular weight excluding hydrogens is 226 g/mol. The minimum Gasteiger partial charge on any atom is -0.434 e. The van der Waals surface area contributed by atoms with Crippen LogP contribution in [0.5, 0.6) is 5.75 Å². The van der Waals surface area contributed by atoms with Crippen LogP contribution in [0.25, 0.3) is 0 Å². The highest BCUT2D eigenvalue weighted by Crippen LogP contribution is 2.37. The van der Waals surface area contributed by atoms with Crippen molar-refractivity contribution in [2.24, 2.45) is 0 Å². The zero-order chi connectivity index (χ0) is 11.6. The number of alkyl halides is 5. The number of rotatable bonds is 2. The zero-order valence-corrected chi connectivity index (χ0v) is 6.99. The van der Waals surface area contributed by atoms with Crippen molar-refractivity contribution in [3.8, 4) is 5.75 Å². The number of hydrogen-bond donors (Lipinski definition) is 0. The van der Waals surface area contributed by atoms with E-state index in [1.54, 1.807) is 0 Å². The average Bonchev–Trinajstić information content (AvgIpc) is 2.05. The Morgan fingerprint density at radius 2 is 1.73 bits per heavy atom. The molecule has 0 amide bonds. The second kappa shape index (κ2) is 4.00. The summed E-state index contributed by atoms with van der Waals surface area (Å²) in [7, 11) is 0. The predicted octanol–water partition coefficient (Wildman–Crippen LogP) is 3.45. The Balaban J connectivity index is 3.15. The van der Waals surface area contributed by atoms with E-state index in [0.29, 0.717) is 12.1 Å². The summed E-state index contributed by atoms with van der Waals surface area (Å²) in [5.41, 5.74) is -1.57. The van der Waals surface area contributed by atoms with E-state index in [2.05, 4.69) is 4.74 Å². The Bertz CT molecular complexity index is 345. The van der Waals surface area contributed by atoms with Crippen LogP contribution in [0.15, 0.2) is 18.2 Å². The van der Waals surface area contributed by atoms with E-state index in [-0.39, 0.29) is 6.07 Å². The molecule has 7 heteroatoms. The molecule has 0 bridgehead atoms. The third-order valence-electron chi connectivity index (χ3n) is 1.46. The molecule has 1 aromatic carbocycles. The first-order chi connectivity index (χ1) is 6.80.